The molecule has 5 heteroatoms. The smallest absolute Gasteiger partial charge is 0.348 e. The van der Waals surface area contributed by atoms with Crippen LogP contribution in [0.3, 0.4) is 0 Å². The van der Waals surface area contributed by atoms with Gasteiger partial charge in [0.1, 0.15) is 16.8 Å². The molecule has 0 unspecified atom stereocenters. The highest BCUT2D eigenvalue weighted by atomic mass is 16.4. The second-order valence-electron chi connectivity index (χ2n) is 9.30. The van der Waals surface area contributed by atoms with Gasteiger partial charge in [0.25, 0.3) is 0 Å². The van der Waals surface area contributed by atoms with E-state index in [1.165, 1.54) is 6.42 Å². The van der Waals surface area contributed by atoms with Crippen molar-refractivity contribution in [2.75, 3.05) is 37.0 Å². The normalized spacial score (nSPS) is 14.2. The van der Waals surface area contributed by atoms with Crippen molar-refractivity contribution >= 4 is 44.0 Å². The molecule has 1 fully saturated rings. The highest BCUT2D eigenvalue weighted by Crippen LogP contribution is 2.36. The van der Waals surface area contributed by atoms with Crippen LogP contribution in [0.1, 0.15) is 19.3 Å². The highest BCUT2D eigenvalue weighted by molar-refractivity contribution is 6.16. The first-order valence-corrected chi connectivity index (χ1v) is 11.9. The first-order chi connectivity index (χ1) is 16.6. The molecule has 1 aliphatic heterocycles. The van der Waals surface area contributed by atoms with Gasteiger partial charge < -0.3 is 14.2 Å². The molecule has 1 aliphatic rings. The molecular weight excluding hydrogens is 422 g/mol. The first kappa shape index (κ1) is 20.7. The molecule has 0 N–H and O–H groups in total. The summed E-state index contributed by atoms with van der Waals surface area (Å²) >= 11 is 0. The second-order valence-corrected chi connectivity index (χ2v) is 9.30. The van der Waals surface area contributed by atoms with E-state index in [4.69, 9.17) is 9.40 Å². The van der Waals surface area contributed by atoms with Gasteiger partial charge in [-0.25, -0.2) is 9.78 Å². The maximum Gasteiger partial charge on any atom is 0.348 e. The number of rotatable bonds is 3. The predicted molar refractivity (Wildman–Crippen MR) is 141 cm³/mol. The van der Waals surface area contributed by atoms with Crippen LogP contribution in [-0.4, -0.2) is 32.2 Å². The maximum atomic E-state index is 13.4. The number of hydrogen-bond acceptors (Lipinski definition) is 5. The highest BCUT2D eigenvalue weighted by Gasteiger charge is 2.22. The molecule has 6 rings (SSSR count). The lowest BCUT2D eigenvalue weighted by Crippen LogP contribution is -2.31. The molecule has 0 atom stereocenters. The largest absolute Gasteiger partial charge is 0.421 e. The van der Waals surface area contributed by atoms with Crippen LogP contribution in [0.5, 0.6) is 0 Å². The lowest BCUT2D eigenvalue weighted by atomic mass is 10.0. The van der Waals surface area contributed by atoms with Gasteiger partial charge in [-0.2, -0.15) is 0 Å². The number of fused-ring (bicyclic) bond motifs is 5. The van der Waals surface area contributed by atoms with E-state index >= 15 is 0 Å². The van der Waals surface area contributed by atoms with Crippen molar-refractivity contribution in [2.24, 2.45) is 0 Å². The number of piperidine rings is 1. The summed E-state index contributed by atoms with van der Waals surface area (Å²) in [5, 5.41) is 4.44. The molecule has 34 heavy (non-hydrogen) atoms. The van der Waals surface area contributed by atoms with Crippen LogP contribution in [0.4, 0.5) is 11.5 Å². The fourth-order valence-corrected chi connectivity index (χ4v) is 5.07. The van der Waals surface area contributed by atoms with Gasteiger partial charge in [-0.05, 0) is 48.9 Å². The maximum absolute atomic E-state index is 13.4. The molecule has 0 spiro atoms. The summed E-state index contributed by atoms with van der Waals surface area (Å²) in [6.45, 7) is 1.81. The first-order valence-electron chi connectivity index (χ1n) is 11.9. The van der Waals surface area contributed by atoms with E-state index < -0.39 is 0 Å². The Morgan fingerprint density at radius 3 is 2.38 bits per heavy atom. The fraction of sp³-hybridized carbons (Fsp3) is 0.241. The van der Waals surface area contributed by atoms with Gasteiger partial charge in [0.05, 0.1) is 5.69 Å². The fourth-order valence-electron chi connectivity index (χ4n) is 5.07. The van der Waals surface area contributed by atoms with Crippen LogP contribution >= 0.6 is 0 Å². The third kappa shape index (κ3) is 3.39. The lowest BCUT2D eigenvalue weighted by Gasteiger charge is -2.29. The van der Waals surface area contributed by atoms with Gasteiger partial charge in [0, 0.05) is 54.6 Å². The zero-order chi connectivity index (χ0) is 23.2. The van der Waals surface area contributed by atoms with Gasteiger partial charge in [-0.15, -0.1) is 0 Å². The molecule has 3 heterocycles. The molecular formula is C29H27N3O2. The van der Waals surface area contributed by atoms with Crippen molar-refractivity contribution in [1.29, 1.82) is 0 Å². The Balaban J connectivity index is 1.67. The zero-order valence-electron chi connectivity index (χ0n) is 19.5. The van der Waals surface area contributed by atoms with Gasteiger partial charge in [0.15, 0.2) is 0 Å². The van der Waals surface area contributed by atoms with Crippen LogP contribution in [0.25, 0.3) is 43.8 Å². The van der Waals surface area contributed by atoms with E-state index in [1.54, 1.807) is 0 Å². The molecule has 170 valence electrons. The van der Waals surface area contributed by atoms with Gasteiger partial charge >= 0.3 is 5.63 Å². The molecule has 2 aromatic heterocycles. The molecule has 5 aromatic rings. The number of anilines is 2. The Labute approximate surface area is 198 Å². The van der Waals surface area contributed by atoms with Crippen molar-refractivity contribution in [2.45, 2.75) is 19.3 Å². The molecule has 5 nitrogen and oxygen atoms in total. The third-order valence-corrected chi connectivity index (χ3v) is 6.90. The topological polar surface area (TPSA) is 49.6 Å². The van der Waals surface area contributed by atoms with Crippen molar-refractivity contribution in [3.63, 3.8) is 0 Å². The molecule has 0 radical (unpaired) electrons. The Bertz CT molecular complexity index is 1580. The van der Waals surface area contributed by atoms with Crippen molar-refractivity contribution < 1.29 is 4.42 Å². The van der Waals surface area contributed by atoms with Crippen LogP contribution in [0, 0.1) is 0 Å². The molecule has 3 aromatic carbocycles. The predicted octanol–water partition coefficient (Wildman–Crippen LogP) is 6.22. The van der Waals surface area contributed by atoms with E-state index in [0.717, 1.165) is 70.2 Å². The summed E-state index contributed by atoms with van der Waals surface area (Å²) in [6, 6.07) is 22.7. The van der Waals surface area contributed by atoms with Crippen LogP contribution < -0.4 is 15.4 Å². The lowest BCUT2D eigenvalue weighted by molar-refractivity contribution is 0.564. The minimum atomic E-state index is -0.318. The van der Waals surface area contributed by atoms with Gasteiger partial charge in [-0.1, -0.05) is 42.5 Å². The standard InChI is InChI=1S/C29H27N3O2/c1-31(2)21-13-10-20(11-14-21)25-18-24-23-15-12-19-8-4-5-9-22(19)27(23)34-29(33)26(24)28(30-25)32-16-6-3-7-17-32/h4-5,8-15,18H,3,6-7,16-17H2,1-2H3. The summed E-state index contributed by atoms with van der Waals surface area (Å²) in [5.74, 6) is 0.743. The van der Waals surface area contributed by atoms with Crippen LogP contribution in [0.15, 0.2) is 75.9 Å². The Kier molecular flexibility index (Phi) is 4.98. The van der Waals surface area contributed by atoms with Crippen molar-refractivity contribution in [1.82, 2.24) is 4.98 Å². The average Bonchev–Trinajstić information content (AvgIpc) is 2.88. The third-order valence-electron chi connectivity index (χ3n) is 6.90. The number of aromatic nitrogens is 1. The molecule has 0 aliphatic carbocycles. The quantitative estimate of drug-likeness (QED) is 0.242. The Hall–Kier alpha value is -3.86. The number of pyridine rings is 1. The van der Waals surface area contributed by atoms with Crippen molar-refractivity contribution in [3.05, 3.63) is 77.2 Å². The van der Waals surface area contributed by atoms with Crippen LogP contribution in [0.2, 0.25) is 0 Å². The molecule has 0 saturated carbocycles. The SMILES string of the molecule is CN(C)c1ccc(-c2cc3c(c(N4CCCCC4)n2)c(=O)oc2c4ccccc4ccc32)cc1. The minimum Gasteiger partial charge on any atom is -0.421 e. The van der Waals surface area contributed by atoms with E-state index in [-0.39, 0.29) is 5.63 Å². The van der Waals surface area contributed by atoms with E-state index in [9.17, 15) is 4.79 Å². The van der Waals surface area contributed by atoms with Crippen molar-refractivity contribution in [3.8, 4) is 11.3 Å². The minimum absolute atomic E-state index is 0.318. The van der Waals surface area contributed by atoms with Gasteiger partial charge in [0.2, 0.25) is 0 Å². The summed E-state index contributed by atoms with van der Waals surface area (Å²) in [4.78, 5) is 22.8. The molecule has 0 amide bonds. The van der Waals surface area contributed by atoms with E-state index in [1.807, 2.05) is 38.4 Å². The average molecular weight is 450 g/mol. The zero-order valence-corrected chi connectivity index (χ0v) is 19.5. The number of benzene rings is 3. The summed E-state index contributed by atoms with van der Waals surface area (Å²) in [7, 11) is 4.07. The second kappa shape index (κ2) is 8.17. The number of nitrogens with zero attached hydrogens (tertiary/aromatic N) is 3. The molecule has 1 saturated heterocycles. The van der Waals surface area contributed by atoms with E-state index in [0.29, 0.717) is 11.0 Å². The summed E-state index contributed by atoms with van der Waals surface area (Å²) in [6.07, 6.45) is 3.42. The Morgan fingerprint density at radius 2 is 1.62 bits per heavy atom. The summed E-state index contributed by atoms with van der Waals surface area (Å²) in [5.41, 5.74) is 3.37. The monoisotopic (exact) mass is 449 g/mol. The molecule has 0 bridgehead atoms. The van der Waals surface area contributed by atoms with Crippen LogP contribution in [-0.2, 0) is 0 Å². The van der Waals surface area contributed by atoms with E-state index in [2.05, 4.69) is 52.3 Å². The number of hydrogen-bond donors (Lipinski definition) is 0. The summed E-state index contributed by atoms with van der Waals surface area (Å²) < 4.78 is 5.98. The Morgan fingerprint density at radius 1 is 0.853 bits per heavy atom. The van der Waals surface area contributed by atoms with Gasteiger partial charge in [-0.3, -0.25) is 0 Å².